The van der Waals surface area contributed by atoms with Crippen LogP contribution in [0.25, 0.3) is 0 Å². The van der Waals surface area contributed by atoms with Gasteiger partial charge in [0.15, 0.2) is 0 Å². The summed E-state index contributed by atoms with van der Waals surface area (Å²) in [5.41, 5.74) is 0.146. The predicted octanol–water partition coefficient (Wildman–Crippen LogP) is 2.11. The van der Waals surface area contributed by atoms with Crippen LogP contribution in [0.2, 0.25) is 0 Å². The van der Waals surface area contributed by atoms with Crippen molar-refractivity contribution in [2.24, 2.45) is 0 Å². The minimum Gasteiger partial charge on any atom is -0.312 e. The number of nitrogens with one attached hydrogen (secondary N) is 2. The number of alkyl halides is 1. The maximum absolute atomic E-state index is 13.1. The van der Waals surface area contributed by atoms with Gasteiger partial charge in [-0.2, -0.15) is 0 Å². The average Bonchev–Trinajstić information content (AvgIpc) is 2.23. The Hall–Kier alpha value is -0.930. The maximum atomic E-state index is 13.1. The van der Waals surface area contributed by atoms with Crippen molar-refractivity contribution in [2.75, 3.05) is 19.6 Å². The largest absolute Gasteiger partial charge is 0.312 e. The first-order chi connectivity index (χ1) is 7.58. The second kappa shape index (κ2) is 6.61. The zero-order chi connectivity index (χ0) is 11.9. The molecule has 0 fully saturated rings. The minimum absolute atomic E-state index is 0.403. The second-order valence-electron chi connectivity index (χ2n) is 4.56. The Balaban J connectivity index is 2.01. The standard InChI is InChI=1S/C13H21FN2/c1-13(2,14)11-16-9-8-15-10-12-6-4-3-5-7-12/h3-7,15-16H,8-11H2,1-2H3. The van der Waals surface area contributed by atoms with E-state index in [0.29, 0.717) is 6.54 Å². The molecule has 0 heterocycles. The molecular formula is C13H21FN2. The molecule has 0 saturated heterocycles. The summed E-state index contributed by atoms with van der Waals surface area (Å²) in [5, 5.41) is 6.38. The fourth-order valence-electron chi connectivity index (χ4n) is 1.39. The lowest BCUT2D eigenvalue weighted by atomic mass is 10.2. The van der Waals surface area contributed by atoms with Gasteiger partial charge in [-0.15, -0.1) is 0 Å². The number of halogens is 1. The van der Waals surface area contributed by atoms with Gasteiger partial charge in [-0.25, -0.2) is 4.39 Å². The van der Waals surface area contributed by atoms with Gasteiger partial charge < -0.3 is 10.6 Å². The van der Waals surface area contributed by atoms with E-state index in [1.165, 1.54) is 5.56 Å². The van der Waals surface area contributed by atoms with Gasteiger partial charge >= 0.3 is 0 Å². The van der Waals surface area contributed by atoms with Crippen molar-refractivity contribution in [1.82, 2.24) is 10.6 Å². The van der Waals surface area contributed by atoms with Crippen LogP contribution in [0.15, 0.2) is 30.3 Å². The first-order valence-electron chi connectivity index (χ1n) is 5.72. The molecule has 3 heteroatoms. The number of benzene rings is 1. The molecule has 0 spiro atoms. The van der Waals surface area contributed by atoms with E-state index in [2.05, 4.69) is 22.8 Å². The summed E-state index contributed by atoms with van der Waals surface area (Å²) in [4.78, 5) is 0. The highest BCUT2D eigenvalue weighted by Crippen LogP contribution is 2.04. The minimum atomic E-state index is -1.13. The monoisotopic (exact) mass is 224 g/mol. The van der Waals surface area contributed by atoms with Gasteiger partial charge in [0.1, 0.15) is 5.67 Å². The van der Waals surface area contributed by atoms with E-state index in [1.54, 1.807) is 13.8 Å². The third-order valence-electron chi connectivity index (χ3n) is 2.20. The molecule has 0 aliphatic rings. The van der Waals surface area contributed by atoms with E-state index in [4.69, 9.17) is 0 Å². The molecule has 90 valence electrons. The van der Waals surface area contributed by atoms with Crippen molar-refractivity contribution in [3.05, 3.63) is 35.9 Å². The molecule has 0 atom stereocenters. The second-order valence-corrected chi connectivity index (χ2v) is 4.56. The zero-order valence-electron chi connectivity index (χ0n) is 10.1. The zero-order valence-corrected chi connectivity index (χ0v) is 10.1. The van der Waals surface area contributed by atoms with Crippen molar-refractivity contribution < 1.29 is 4.39 Å². The van der Waals surface area contributed by atoms with E-state index >= 15 is 0 Å². The van der Waals surface area contributed by atoms with Gasteiger partial charge in [0, 0.05) is 26.2 Å². The van der Waals surface area contributed by atoms with E-state index in [0.717, 1.165) is 19.6 Å². The molecule has 0 bridgehead atoms. The van der Waals surface area contributed by atoms with Gasteiger partial charge in [0.2, 0.25) is 0 Å². The van der Waals surface area contributed by atoms with E-state index in [-0.39, 0.29) is 0 Å². The molecule has 0 saturated carbocycles. The Morgan fingerprint density at radius 2 is 1.69 bits per heavy atom. The van der Waals surface area contributed by atoms with Crippen LogP contribution in [-0.2, 0) is 6.54 Å². The lowest BCUT2D eigenvalue weighted by Crippen LogP contribution is -2.35. The van der Waals surface area contributed by atoms with Gasteiger partial charge in [-0.05, 0) is 19.4 Å². The quantitative estimate of drug-likeness (QED) is 0.693. The first-order valence-corrected chi connectivity index (χ1v) is 5.72. The van der Waals surface area contributed by atoms with Crippen LogP contribution in [-0.4, -0.2) is 25.3 Å². The fourth-order valence-corrected chi connectivity index (χ4v) is 1.39. The van der Waals surface area contributed by atoms with E-state index in [1.807, 2.05) is 18.2 Å². The Labute approximate surface area is 97.3 Å². The molecule has 0 aliphatic carbocycles. The lowest BCUT2D eigenvalue weighted by molar-refractivity contribution is 0.211. The topological polar surface area (TPSA) is 24.1 Å². The molecule has 1 aromatic carbocycles. The van der Waals surface area contributed by atoms with Crippen molar-refractivity contribution in [3.8, 4) is 0 Å². The summed E-state index contributed by atoms with van der Waals surface area (Å²) in [6, 6.07) is 10.2. The SMILES string of the molecule is CC(C)(F)CNCCNCc1ccccc1. The predicted molar refractivity (Wildman–Crippen MR) is 66.2 cm³/mol. The molecule has 1 rings (SSSR count). The molecule has 0 amide bonds. The Kier molecular flexibility index (Phi) is 5.43. The summed E-state index contributed by atoms with van der Waals surface area (Å²) < 4.78 is 13.1. The van der Waals surface area contributed by atoms with Crippen LogP contribution in [0.1, 0.15) is 19.4 Å². The van der Waals surface area contributed by atoms with Crippen LogP contribution in [0.5, 0.6) is 0 Å². The highest BCUT2D eigenvalue weighted by molar-refractivity contribution is 5.14. The smallest absolute Gasteiger partial charge is 0.117 e. The Morgan fingerprint density at radius 3 is 2.31 bits per heavy atom. The van der Waals surface area contributed by atoms with Crippen LogP contribution in [0.4, 0.5) is 4.39 Å². The fraction of sp³-hybridized carbons (Fsp3) is 0.538. The number of rotatable bonds is 7. The maximum Gasteiger partial charge on any atom is 0.117 e. The molecule has 0 unspecified atom stereocenters. The van der Waals surface area contributed by atoms with Crippen LogP contribution in [0.3, 0.4) is 0 Å². The molecule has 16 heavy (non-hydrogen) atoms. The summed E-state index contributed by atoms with van der Waals surface area (Å²) in [5.74, 6) is 0. The van der Waals surface area contributed by atoms with Crippen molar-refractivity contribution >= 4 is 0 Å². The third-order valence-corrected chi connectivity index (χ3v) is 2.20. The molecule has 2 N–H and O–H groups in total. The summed E-state index contributed by atoms with van der Waals surface area (Å²) in [6.45, 7) is 6.07. The molecule has 0 aliphatic heterocycles. The highest BCUT2D eigenvalue weighted by atomic mass is 19.1. The number of hydrogen-bond acceptors (Lipinski definition) is 2. The Bertz CT molecular complexity index is 280. The normalized spacial score (nSPS) is 11.7. The molecule has 0 aromatic heterocycles. The highest BCUT2D eigenvalue weighted by Gasteiger charge is 2.13. The van der Waals surface area contributed by atoms with Crippen molar-refractivity contribution in [3.63, 3.8) is 0 Å². The average molecular weight is 224 g/mol. The molecule has 2 nitrogen and oxygen atoms in total. The lowest BCUT2D eigenvalue weighted by Gasteiger charge is -2.14. The van der Waals surface area contributed by atoms with Crippen LogP contribution in [0, 0.1) is 0 Å². The van der Waals surface area contributed by atoms with Crippen LogP contribution >= 0.6 is 0 Å². The van der Waals surface area contributed by atoms with E-state index in [9.17, 15) is 4.39 Å². The number of hydrogen-bond donors (Lipinski definition) is 2. The van der Waals surface area contributed by atoms with Gasteiger partial charge in [-0.1, -0.05) is 30.3 Å². The van der Waals surface area contributed by atoms with Crippen molar-refractivity contribution in [1.29, 1.82) is 0 Å². The third kappa shape index (κ3) is 6.53. The summed E-state index contributed by atoms with van der Waals surface area (Å²) in [6.07, 6.45) is 0. The molecular weight excluding hydrogens is 203 g/mol. The van der Waals surface area contributed by atoms with E-state index < -0.39 is 5.67 Å². The van der Waals surface area contributed by atoms with Crippen LogP contribution < -0.4 is 10.6 Å². The Morgan fingerprint density at radius 1 is 1.06 bits per heavy atom. The summed E-state index contributed by atoms with van der Waals surface area (Å²) in [7, 11) is 0. The molecule has 0 radical (unpaired) electrons. The van der Waals surface area contributed by atoms with Gasteiger partial charge in [0.25, 0.3) is 0 Å². The van der Waals surface area contributed by atoms with Gasteiger partial charge in [0.05, 0.1) is 0 Å². The van der Waals surface area contributed by atoms with Crippen molar-refractivity contribution in [2.45, 2.75) is 26.1 Å². The van der Waals surface area contributed by atoms with Gasteiger partial charge in [-0.3, -0.25) is 0 Å². The first kappa shape index (κ1) is 13.1. The molecule has 1 aromatic rings. The summed E-state index contributed by atoms with van der Waals surface area (Å²) >= 11 is 0.